The minimum absolute atomic E-state index is 0.0370. The zero-order valence-electron chi connectivity index (χ0n) is 9.90. The maximum absolute atomic E-state index is 13.4. The summed E-state index contributed by atoms with van der Waals surface area (Å²) < 4.78 is 13.8. The Balaban J connectivity index is 2.21. The number of likely N-dealkylation sites (tertiary alicyclic amines) is 1. The lowest BCUT2D eigenvalue weighted by atomic mass is 10.0. The van der Waals surface area contributed by atoms with E-state index in [-0.39, 0.29) is 18.6 Å². The fourth-order valence-electron chi connectivity index (χ4n) is 2.25. The van der Waals surface area contributed by atoms with Gasteiger partial charge in [-0.15, -0.1) is 0 Å². The van der Waals surface area contributed by atoms with Crippen LogP contribution in [0.4, 0.5) is 4.39 Å². The van der Waals surface area contributed by atoms with Crippen LogP contribution in [0.5, 0.6) is 0 Å². The Bertz CT molecular complexity index is 453. The van der Waals surface area contributed by atoms with E-state index in [9.17, 15) is 14.3 Å². The minimum Gasteiger partial charge on any atom is -0.394 e. The summed E-state index contributed by atoms with van der Waals surface area (Å²) in [7, 11) is 0. The Labute approximate surface area is 114 Å². The summed E-state index contributed by atoms with van der Waals surface area (Å²) in [6.07, 6.45) is 2.76. The van der Waals surface area contributed by atoms with E-state index >= 15 is 0 Å². The van der Waals surface area contributed by atoms with Crippen molar-refractivity contribution in [3.63, 3.8) is 0 Å². The van der Waals surface area contributed by atoms with E-state index in [1.165, 1.54) is 12.1 Å². The van der Waals surface area contributed by atoms with Crippen LogP contribution >= 0.6 is 15.9 Å². The first-order valence-corrected chi connectivity index (χ1v) is 6.79. The Morgan fingerprint density at radius 1 is 1.50 bits per heavy atom. The van der Waals surface area contributed by atoms with Crippen LogP contribution in [0, 0.1) is 5.82 Å². The number of carbonyl (C=O) groups excluding carboxylic acids is 1. The van der Waals surface area contributed by atoms with Gasteiger partial charge in [-0.05, 0) is 53.4 Å². The smallest absolute Gasteiger partial charge is 0.254 e. The molecule has 5 heteroatoms. The molecule has 1 heterocycles. The SMILES string of the molecule is O=C(c1ccc(Br)c(F)c1)N1CCCCC1CO. The fourth-order valence-corrected chi connectivity index (χ4v) is 2.50. The largest absolute Gasteiger partial charge is 0.394 e. The number of nitrogens with zero attached hydrogens (tertiary/aromatic N) is 1. The molecule has 18 heavy (non-hydrogen) atoms. The Kier molecular flexibility index (Phi) is 4.35. The summed E-state index contributed by atoms with van der Waals surface area (Å²) in [4.78, 5) is 13.9. The van der Waals surface area contributed by atoms with Crippen molar-refractivity contribution >= 4 is 21.8 Å². The van der Waals surface area contributed by atoms with Crippen molar-refractivity contribution in [2.24, 2.45) is 0 Å². The topological polar surface area (TPSA) is 40.5 Å². The van der Waals surface area contributed by atoms with Gasteiger partial charge in [0, 0.05) is 12.1 Å². The van der Waals surface area contributed by atoms with Gasteiger partial charge in [0.25, 0.3) is 5.91 Å². The van der Waals surface area contributed by atoms with Gasteiger partial charge < -0.3 is 10.0 Å². The van der Waals surface area contributed by atoms with E-state index in [0.29, 0.717) is 16.6 Å². The van der Waals surface area contributed by atoms with E-state index in [1.54, 1.807) is 11.0 Å². The number of hydrogen-bond donors (Lipinski definition) is 1. The lowest BCUT2D eigenvalue weighted by Gasteiger charge is -2.34. The first kappa shape index (κ1) is 13.5. The molecule has 0 bridgehead atoms. The normalized spacial score (nSPS) is 19.9. The number of carbonyl (C=O) groups is 1. The third kappa shape index (κ3) is 2.72. The van der Waals surface area contributed by atoms with Crippen LogP contribution in [0.1, 0.15) is 29.6 Å². The summed E-state index contributed by atoms with van der Waals surface area (Å²) in [6, 6.07) is 4.21. The number of benzene rings is 1. The van der Waals surface area contributed by atoms with Gasteiger partial charge in [0.2, 0.25) is 0 Å². The molecule has 1 unspecified atom stereocenters. The van der Waals surface area contributed by atoms with Crippen LogP contribution in [-0.4, -0.2) is 35.1 Å². The second kappa shape index (κ2) is 5.80. The molecule has 1 aliphatic rings. The monoisotopic (exact) mass is 315 g/mol. The summed E-state index contributed by atoms with van der Waals surface area (Å²) in [5.41, 5.74) is 0.330. The highest BCUT2D eigenvalue weighted by Gasteiger charge is 2.27. The van der Waals surface area contributed by atoms with Gasteiger partial charge in [-0.3, -0.25) is 4.79 Å². The lowest BCUT2D eigenvalue weighted by Crippen LogP contribution is -2.45. The van der Waals surface area contributed by atoms with Gasteiger partial charge in [-0.1, -0.05) is 0 Å². The second-order valence-electron chi connectivity index (χ2n) is 4.46. The molecule has 98 valence electrons. The number of hydrogen-bond acceptors (Lipinski definition) is 2. The molecule has 0 radical (unpaired) electrons. The zero-order valence-corrected chi connectivity index (χ0v) is 11.5. The molecule has 0 aromatic heterocycles. The number of halogens is 2. The summed E-state index contributed by atoms with van der Waals surface area (Å²) >= 11 is 3.06. The van der Waals surface area contributed by atoms with Crippen LogP contribution in [0.15, 0.2) is 22.7 Å². The predicted octanol–water partition coefficient (Wildman–Crippen LogP) is 2.58. The Morgan fingerprint density at radius 2 is 2.28 bits per heavy atom. The number of aliphatic hydroxyl groups excluding tert-OH is 1. The van der Waals surface area contributed by atoms with E-state index in [2.05, 4.69) is 15.9 Å². The molecule has 2 rings (SSSR count). The second-order valence-corrected chi connectivity index (χ2v) is 5.31. The van der Waals surface area contributed by atoms with Crippen LogP contribution in [0.3, 0.4) is 0 Å². The van der Waals surface area contributed by atoms with Gasteiger partial charge in [0.15, 0.2) is 0 Å². The average Bonchev–Trinajstić information content (AvgIpc) is 2.41. The van der Waals surface area contributed by atoms with Gasteiger partial charge in [-0.25, -0.2) is 4.39 Å². The van der Waals surface area contributed by atoms with Gasteiger partial charge in [-0.2, -0.15) is 0 Å². The molecular weight excluding hydrogens is 301 g/mol. The molecule has 1 saturated heterocycles. The quantitative estimate of drug-likeness (QED) is 0.911. The van der Waals surface area contributed by atoms with Crippen LogP contribution < -0.4 is 0 Å². The van der Waals surface area contributed by atoms with Crippen molar-refractivity contribution in [2.45, 2.75) is 25.3 Å². The van der Waals surface area contributed by atoms with Crippen molar-refractivity contribution in [2.75, 3.05) is 13.2 Å². The number of rotatable bonds is 2. The van der Waals surface area contributed by atoms with E-state index in [1.807, 2.05) is 0 Å². The first-order valence-electron chi connectivity index (χ1n) is 6.00. The van der Waals surface area contributed by atoms with Crippen molar-refractivity contribution in [1.82, 2.24) is 4.90 Å². The molecule has 1 fully saturated rings. The van der Waals surface area contributed by atoms with Crippen LogP contribution in [0.25, 0.3) is 0 Å². The number of aliphatic hydroxyl groups is 1. The maximum Gasteiger partial charge on any atom is 0.254 e. The molecule has 1 atom stereocenters. The third-order valence-electron chi connectivity index (χ3n) is 3.27. The van der Waals surface area contributed by atoms with E-state index in [0.717, 1.165) is 19.3 Å². The molecular formula is C13H15BrFNO2. The third-order valence-corrected chi connectivity index (χ3v) is 3.91. The van der Waals surface area contributed by atoms with E-state index < -0.39 is 5.82 Å². The number of piperidine rings is 1. The molecule has 1 aromatic carbocycles. The van der Waals surface area contributed by atoms with Crippen molar-refractivity contribution in [3.8, 4) is 0 Å². The minimum atomic E-state index is -0.446. The zero-order chi connectivity index (χ0) is 13.1. The van der Waals surface area contributed by atoms with Gasteiger partial charge in [0.1, 0.15) is 5.82 Å². The Hall–Kier alpha value is -0.940. The van der Waals surface area contributed by atoms with Crippen molar-refractivity contribution < 1.29 is 14.3 Å². The standard InChI is InChI=1S/C13H15BrFNO2/c14-11-5-4-9(7-12(11)15)13(18)16-6-2-1-3-10(16)8-17/h4-5,7,10,17H,1-3,6,8H2. The molecule has 1 aliphatic heterocycles. The molecule has 0 spiro atoms. The van der Waals surface area contributed by atoms with Gasteiger partial charge in [0.05, 0.1) is 17.1 Å². The summed E-state index contributed by atoms with van der Waals surface area (Å²) in [5, 5.41) is 9.28. The fraction of sp³-hybridized carbons (Fsp3) is 0.462. The highest BCUT2D eigenvalue weighted by Crippen LogP contribution is 2.22. The van der Waals surface area contributed by atoms with Crippen molar-refractivity contribution in [3.05, 3.63) is 34.1 Å². The van der Waals surface area contributed by atoms with E-state index in [4.69, 9.17) is 0 Å². The molecule has 0 aliphatic carbocycles. The van der Waals surface area contributed by atoms with Crippen molar-refractivity contribution in [1.29, 1.82) is 0 Å². The van der Waals surface area contributed by atoms with Crippen LogP contribution in [-0.2, 0) is 0 Å². The summed E-state index contributed by atoms with van der Waals surface area (Å²) in [5.74, 6) is -0.654. The predicted molar refractivity (Wildman–Crippen MR) is 69.9 cm³/mol. The van der Waals surface area contributed by atoms with Crippen LogP contribution in [0.2, 0.25) is 0 Å². The first-order chi connectivity index (χ1) is 8.63. The molecule has 1 aromatic rings. The molecule has 0 saturated carbocycles. The lowest BCUT2D eigenvalue weighted by molar-refractivity contribution is 0.0502. The summed E-state index contributed by atoms with van der Waals surface area (Å²) in [6.45, 7) is 0.590. The number of amides is 1. The highest BCUT2D eigenvalue weighted by atomic mass is 79.9. The highest BCUT2D eigenvalue weighted by molar-refractivity contribution is 9.10. The average molecular weight is 316 g/mol. The maximum atomic E-state index is 13.4. The molecule has 1 N–H and O–H groups in total. The molecule has 1 amide bonds. The molecule has 3 nitrogen and oxygen atoms in total. The van der Waals surface area contributed by atoms with Gasteiger partial charge >= 0.3 is 0 Å². The Morgan fingerprint density at radius 3 is 2.94 bits per heavy atom.